The van der Waals surface area contributed by atoms with Crippen molar-refractivity contribution >= 4 is 20.9 Å². The van der Waals surface area contributed by atoms with Crippen LogP contribution in [0.2, 0.25) is 0 Å². The molecule has 0 saturated carbocycles. The molecule has 0 atom stereocenters. The number of hydrogen-bond acceptors (Lipinski definition) is 10. The monoisotopic (exact) mass is 342 g/mol. The molecule has 0 amide bonds. The molecular formula is C10H7NaO10S. The number of phenols is 7. The second-order valence-corrected chi connectivity index (χ2v) is 5.29. The molecule has 0 unspecified atom stereocenters. The van der Waals surface area contributed by atoms with Crippen LogP contribution in [0.4, 0.5) is 0 Å². The van der Waals surface area contributed by atoms with E-state index in [1.165, 1.54) is 0 Å². The second kappa shape index (κ2) is 5.44. The first kappa shape index (κ1) is 18.3. The van der Waals surface area contributed by atoms with Gasteiger partial charge in [0.25, 0.3) is 0 Å². The van der Waals surface area contributed by atoms with Gasteiger partial charge in [0.1, 0.15) is 20.8 Å². The summed E-state index contributed by atoms with van der Waals surface area (Å²) in [4.78, 5) is -1.66. The van der Waals surface area contributed by atoms with Crippen LogP contribution in [0.1, 0.15) is 0 Å². The van der Waals surface area contributed by atoms with Gasteiger partial charge in [-0.3, -0.25) is 0 Å². The Morgan fingerprint density at radius 1 is 0.591 bits per heavy atom. The first-order valence-corrected chi connectivity index (χ1v) is 6.43. The van der Waals surface area contributed by atoms with Gasteiger partial charge in [0.2, 0.25) is 11.5 Å². The number of hydrogen-bond donors (Lipinski definition) is 7. The molecule has 0 spiro atoms. The maximum Gasteiger partial charge on any atom is 1.00 e. The van der Waals surface area contributed by atoms with Crippen LogP contribution in [0.25, 0.3) is 10.8 Å². The second-order valence-electron chi connectivity index (χ2n) is 3.97. The van der Waals surface area contributed by atoms with Crippen molar-refractivity contribution in [3.63, 3.8) is 0 Å². The van der Waals surface area contributed by atoms with E-state index in [1.807, 2.05) is 0 Å². The maximum absolute atomic E-state index is 11.0. The van der Waals surface area contributed by atoms with E-state index in [-0.39, 0.29) is 29.6 Å². The zero-order valence-corrected chi connectivity index (χ0v) is 13.6. The molecule has 2 aromatic carbocycles. The Balaban J connectivity index is 0.00000242. The van der Waals surface area contributed by atoms with Crippen LogP contribution in [0, 0.1) is 0 Å². The topological polar surface area (TPSA) is 199 Å². The van der Waals surface area contributed by atoms with Gasteiger partial charge in [0, 0.05) is 0 Å². The molecule has 0 radical (unpaired) electrons. The van der Waals surface area contributed by atoms with Crippen LogP contribution in [0.15, 0.2) is 4.90 Å². The van der Waals surface area contributed by atoms with E-state index in [0.717, 1.165) is 0 Å². The van der Waals surface area contributed by atoms with Gasteiger partial charge < -0.3 is 40.3 Å². The number of rotatable bonds is 1. The first-order valence-electron chi connectivity index (χ1n) is 5.02. The van der Waals surface area contributed by atoms with E-state index in [0.29, 0.717) is 0 Å². The van der Waals surface area contributed by atoms with Crippen LogP contribution in [-0.4, -0.2) is 48.7 Å². The molecule has 12 heteroatoms. The fraction of sp³-hybridized carbons (Fsp3) is 0. The van der Waals surface area contributed by atoms with Gasteiger partial charge in [-0.2, -0.15) is 0 Å². The summed E-state index contributed by atoms with van der Waals surface area (Å²) in [7, 11) is -5.48. The predicted octanol–water partition coefficient (Wildman–Crippen LogP) is -3.31. The number of aromatic hydroxyl groups is 7. The van der Waals surface area contributed by atoms with Crippen LogP contribution < -0.4 is 29.6 Å². The molecule has 0 aliphatic rings. The van der Waals surface area contributed by atoms with E-state index < -0.39 is 66.0 Å². The Hall–Kier alpha value is -1.79. The molecule has 10 nitrogen and oxygen atoms in total. The molecule has 0 bridgehead atoms. The maximum atomic E-state index is 11.0. The van der Waals surface area contributed by atoms with Gasteiger partial charge in [-0.05, 0) is 0 Å². The van der Waals surface area contributed by atoms with Crippen molar-refractivity contribution in [2.45, 2.75) is 4.90 Å². The van der Waals surface area contributed by atoms with E-state index in [2.05, 4.69) is 0 Å². The van der Waals surface area contributed by atoms with Crippen molar-refractivity contribution in [3.05, 3.63) is 0 Å². The van der Waals surface area contributed by atoms with Gasteiger partial charge in [-0.15, -0.1) is 0 Å². The average molecular weight is 342 g/mol. The van der Waals surface area contributed by atoms with E-state index in [4.69, 9.17) is 0 Å². The van der Waals surface area contributed by atoms with Crippen molar-refractivity contribution < 1.29 is 78.3 Å². The minimum Gasteiger partial charge on any atom is -0.744 e. The Bertz CT molecular complexity index is 889. The summed E-state index contributed by atoms with van der Waals surface area (Å²) >= 11 is 0. The van der Waals surface area contributed by atoms with Gasteiger partial charge in [0.05, 0.1) is 10.8 Å². The van der Waals surface area contributed by atoms with Crippen LogP contribution in [0.3, 0.4) is 0 Å². The molecular weight excluding hydrogens is 335 g/mol. The summed E-state index contributed by atoms with van der Waals surface area (Å²) in [6.45, 7) is 0. The number of benzene rings is 2. The number of fused-ring (bicyclic) bond motifs is 1. The van der Waals surface area contributed by atoms with E-state index >= 15 is 0 Å². The molecule has 114 valence electrons. The zero-order chi connectivity index (χ0) is 16.3. The molecule has 0 saturated heterocycles. The summed E-state index contributed by atoms with van der Waals surface area (Å²) in [6, 6.07) is 0. The summed E-state index contributed by atoms with van der Waals surface area (Å²) in [5, 5.41) is 64.5. The fourth-order valence-electron chi connectivity index (χ4n) is 1.85. The Kier molecular flexibility index (Phi) is 4.52. The van der Waals surface area contributed by atoms with Crippen LogP contribution in [-0.2, 0) is 10.1 Å². The van der Waals surface area contributed by atoms with Gasteiger partial charge in [-0.25, -0.2) is 8.42 Å². The van der Waals surface area contributed by atoms with Gasteiger partial charge >= 0.3 is 29.6 Å². The van der Waals surface area contributed by atoms with Gasteiger partial charge in [-0.1, -0.05) is 0 Å². The zero-order valence-electron chi connectivity index (χ0n) is 10.8. The van der Waals surface area contributed by atoms with Crippen molar-refractivity contribution in [1.29, 1.82) is 0 Å². The smallest absolute Gasteiger partial charge is 0.744 e. The minimum atomic E-state index is -5.48. The van der Waals surface area contributed by atoms with E-state index in [9.17, 15) is 48.7 Å². The average Bonchev–Trinajstić information content (AvgIpc) is 2.36. The summed E-state index contributed by atoms with van der Waals surface area (Å²) in [6.07, 6.45) is 0. The molecule has 22 heavy (non-hydrogen) atoms. The molecule has 2 rings (SSSR count). The molecule has 2 aromatic rings. The molecule has 0 aliphatic carbocycles. The molecule has 7 N–H and O–H groups in total. The van der Waals surface area contributed by atoms with Crippen molar-refractivity contribution in [3.8, 4) is 40.2 Å². The van der Waals surface area contributed by atoms with Crippen LogP contribution >= 0.6 is 0 Å². The molecule has 0 aromatic heterocycles. The SMILES string of the molecule is O=S(=O)([O-])c1c(O)c(O)c2c(O)c(O)c(O)c(O)c2c1O.[Na+]. The summed E-state index contributed by atoms with van der Waals surface area (Å²) < 4.78 is 32.9. The quantitative estimate of drug-likeness (QED) is 0.119. The fourth-order valence-corrected chi connectivity index (χ4v) is 2.52. The number of phenolic OH excluding ortho intramolecular Hbond substituents is 7. The third-order valence-electron chi connectivity index (χ3n) is 2.77. The Labute approximate surface area is 144 Å². The van der Waals surface area contributed by atoms with E-state index in [1.54, 1.807) is 0 Å². The normalized spacial score (nSPS) is 11.3. The first-order chi connectivity index (χ1) is 9.50. The predicted molar refractivity (Wildman–Crippen MR) is 63.6 cm³/mol. The molecule has 0 heterocycles. The largest absolute Gasteiger partial charge is 1.00 e. The third kappa shape index (κ3) is 2.32. The summed E-state index contributed by atoms with van der Waals surface area (Å²) in [5.41, 5.74) is 0. The van der Waals surface area contributed by atoms with Crippen molar-refractivity contribution in [2.24, 2.45) is 0 Å². The Morgan fingerprint density at radius 2 is 0.909 bits per heavy atom. The van der Waals surface area contributed by atoms with Crippen molar-refractivity contribution in [2.75, 3.05) is 0 Å². The molecule has 0 fully saturated rings. The minimum absolute atomic E-state index is 0. The van der Waals surface area contributed by atoms with Crippen molar-refractivity contribution in [1.82, 2.24) is 0 Å². The summed E-state index contributed by atoms with van der Waals surface area (Å²) in [5.74, 6) is -9.73. The Morgan fingerprint density at radius 3 is 1.27 bits per heavy atom. The third-order valence-corrected chi connectivity index (χ3v) is 3.66. The van der Waals surface area contributed by atoms with Crippen LogP contribution in [0.5, 0.6) is 40.2 Å². The molecule has 0 aliphatic heterocycles. The standard InChI is InChI=1S/C10H8O10S.Na/c11-3-1-2(4(12)8(16)7(3)15)6(14)10(21(18,19)20)9(17)5(1)13;/h11-17H,(H,18,19,20);/q;+1/p-1. The van der Waals surface area contributed by atoms with Gasteiger partial charge in [0.15, 0.2) is 23.0 Å².